The first-order valence-electron chi connectivity index (χ1n) is 7.69. The molecule has 1 saturated carbocycles. The maximum absolute atomic E-state index is 7.68. The van der Waals surface area contributed by atoms with Crippen molar-refractivity contribution in [2.24, 2.45) is 11.7 Å². The second-order valence-corrected chi connectivity index (χ2v) is 6.15. The molecule has 0 bridgehead atoms. The molecule has 20 heavy (non-hydrogen) atoms. The molecule has 0 saturated heterocycles. The van der Waals surface area contributed by atoms with Crippen molar-refractivity contribution < 1.29 is 0 Å². The molecule has 3 nitrogen and oxygen atoms in total. The van der Waals surface area contributed by atoms with Gasteiger partial charge in [-0.1, -0.05) is 50.1 Å². The zero-order valence-electron chi connectivity index (χ0n) is 12.7. The molecule has 1 aromatic rings. The summed E-state index contributed by atoms with van der Waals surface area (Å²) in [5.41, 5.74) is 6.96. The first-order valence-corrected chi connectivity index (χ1v) is 7.69. The number of hydrogen-bond donors (Lipinski definition) is 2. The normalized spacial score (nSPS) is 24.6. The largest absolute Gasteiger partial charge is 0.388 e. The third-order valence-electron chi connectivity index (χ3n) is 4.68. The summed E-state index contributed by atoms with van der Waals surface area (Å²) in [4.78, 5) is 2.46. The van der Waals surface area contributed by atoms with Gasteiger partial charge in [0.2, 0.25) is 0 Å². The summed E-state index contributed by atoms with van der Waals surface area (Å²) in [5.74, 6) is 1.00. The minimum atomic E-state index is 0.222. The molecule has 0 aliphatic heterocycles. The van der Waals surface area contributed by atoms with Crippen LogP contribution in [-0.4, -0.2) is 23.8 Å². The fourth-order valence-corrected chi connectivity index (χ4v) is 3.51. The summed E-state index contributed by atoms with van der Waals surface area (Å²) in [6.07, 6.45) is 5.87. The number of nitrogens with two attached hydrogens (primary N) is 1. The molecule has 1 fully saturated rings. The Morgan fingerprint density at radius 1 is 1.30 bits per heavy atom. The van der Waals surface area contributed by atoms with Crippen molar-refractivity contribution >= 4 is 5.84 Å². The Bertz CT molecular complexity index is 429. The van der Waals surface area contributed by atoms with E-state index in [2.05, 4.69) is 43.1 Å². The summed E-state index contributed by atoms with van der Waals surface area (Å²) in [6.45, 7) is 2.36. The van der Waals surface area contributed by atoms with Gasteiger partial charge in [0.25, 0.3) is 0 Å². The number of nitrogens with zero attached hydrogens (tertiary/aromatic N) is 1. The molecule has 1 aromatic carbocycles. The first kappa shape index (κ1) is 15.0. The van der Waals surface area contributed by atoms with Crippen LogP contribution in [0.15, 0.2) is 30.3 Å². The summed E-state index contributed by atoms with van der Waals surface area (Å²) in [7, 11) is 2.20. The molecule has 0 amide bonds. The zero-order valence-corrected chi connectivity index (χ0v) is 12.7. The van der Waals surface area contributed by atoms with Gasteiger partial charge in [-0.2, -0.15) is 0 Å². The van der Waals surface area contributed by atoms with Gasteiger partial charge in [-0.25, -0.2) is 0 Å². The third-order valence-corrected chi connectivity index (χ3v) is 4.68. The van der Waals surface area contributed by atoms with Gasteiger partial charge in [0.1, 0.15) is 0 Å². The monoisotopic (exact) mass is 273 g/mol. The molecule has 0 heterocycles. The van der Waals surface area contributed by atoms with Crippen LogP contribution in [0.1, 0.15) is 50.6 Å². The van der Waals surface area contributed by atoms with Crippen LogP contribution in [0.2, 0.25) is 0 Å². The molecule has 3 unspecified atom stereocenters. The van der Waals surface area contributed by atoms with Crippen molar-refractivity contribution in [2.75, 3.05) is 7.05 Å². The molecule has 0 aromatic heterocycles. The van der Waals surface area contributed by atoms with Crippen LogP contribution in [0.25, 0.3) is 0 Å². The fraction of sp³-hybridized carbons (Fsp3) is 0.588. The summed E-state index contributed by atoms with van der Waals surface area (Å²) in [6, 6.07) is 11.3. The lowest BCUT2D eigenvalue weighted by Crippen LogP contribution is -2.42. The number of hydrogen-bond acceptors (Lipinski definition) is 2. The highest BCUT2D eigenvalue weighted by molar-refractivity contribution is 5.77. The molecule has 0 radical (unpaired) electrons. The average molecular weight is 273 g/mol. The van der Waals surface area contributed by atoms with Crippen LogP contribution in [0.3, 0.4) is 0 Å². The molecular formula is C17H27N3. The third kappa shape index (κ3) is 3.60. The van der Waals surface area contributed by atoms with Crippen LogP contribution in [0.5, 0.6) is 0 Å². The molecule has 3 N–H and O–H groups in total. The molecule has 0 spiro atoms. The van der Waals surface area contributed by atoms with Crippen molar-refractivity contribution in [1.82, 2.24) is 4.90 Å². The molecule has 1 aliphatic rings. The van der Waals surface area contributed by atoms with E-state index < -0.39 is 0 Å². The van der Waals surface area contributed by atoms with Gasteiger partial charge in [-0.05, 0) is 31.4 Å². The second kappa shape index (κ2) is 6.89. The van der Waals surface area contributed by atoms with Crippen LogP contribution in [-0.2, 0) is 0 Å². The standard InChI is InChI=1S/C17H27N3/c1-13-8-6-7-11-15(13)20(2)16(12-17(18)19)14-9-4-3-5-10-14/h3-5,9-10,13,15-16H,6-8,11-12H2,1-2H3,(H3,18,19). The smallest absolute Gasteiger partial charge is 0.0924 e. The van der Waals surface area contributed by atoms with E-state index in [9.17, 15) is 0 Å². The minimum Gasteiger partial charge on any atom is -0.388 e. The number of amidine groups is 1. The SMILES string of the molecule is CC1CCCCC1N(C)C(CC(=N)N)c1ccccc1. The van der Waals surface area contributed by atoms with E-state index in [0.29, 0.717) is 12.5 Å². The summed E-state index contributed by atoms with van der Waals surface area (Å²) >= 11 is 0. The topological polar surface area (TPSA) is 53.1 Å². The highest BCUT2D eigenvalue weighted by Crippen LogP contribution is 2.33. The Hall–Kier alpha value is -1.35. The average Bonchev–Trinajstić information content (AvgIpc) is 2.45. The highest BCUT2D eigenvalue weighted by atomic mass is 15.2. The Morgan fingerprint density at radius 3 is 2.55 bits per heavy atom. The quantitative estimate of drug-likeness (QED) is 0.636. The van der Waals surface area contributed by atoms with Crippen LogP contribution in [0, 0.1) is 11.3 Å². The molecular weight excluding hydrogens is 246 g/mol. The van der Waals surface area contributed by atoms with Crippen LogP contribution in [0.4, 0.5) is 0 Å². The van der Waals surface area contributed by atoms with Gasteiger partial charge in [0.05, 0.1) is 5.84 Å². The van der Waals surface area contributed by atoms with Gasteiger partial charge in [0.15, 0.2) is 0 Å². The molecule has 3 atom stereocenters. The van der Waals surface area contributed by atoms with Crippen molar-refractivity contribution in [3.63, 3.8) is 0 Å². The maximum Gasteiger partial charge on any atom is 0.0924 e. The van der Waals surface area contributed by atoms with E-state index in [-0.39, 0.29) is 11.9 Å². The van der Waals surface area contributed by atoms with Crippen molar-refractivity contribution in [1.29, 1.82) is 5.41 Å². The van der Waals surface area contributed by atoms with Crippen LogP contribution < -0.4 is 5.73 Å². The van der Waals surface area contributed by atoms with Crippen molar-refractivity contribution in [3.8, 4) is 0 Å². The van der Waals surface area contributed by atoms with E-state index >= 15 is 0 Å². The lowest BCUT2D eigenvalue weighted by Gasteiger charge is -2.41. The van der Waals surface area contributed by atoms with E-state index in [0.717, 1.165) is 5.92 Å². The second-order valence-electron chi connectivity index (χ2n) is 6.15. The number of nitrogens with one attached hydrogen (secondary N) is 1. The van der Waals surface area contributed by atoms with Crippen molar-refractivity contribution in [2.45, 2.75) is 51.1 Å². The van der Waals surface area contributed by atoms with Gasteiger partial charge in [-0.15, -0.1) is 0 Å². The van der Waals surface area contributed by atoms with Gasteiger partial charge in [0, 0.05) is 18.5 Å². The summed E-state index contributed by atoms with van der Waals surface area (Å²) in [5, 5.41) is 7.68. The maximum atomic E-state index is 7.68. The zero-order chi connectivity index (χ0) is 14.5. The number of benzene rings is 1. The fourth-order valence-electron chi connectivity index (χ4n) is 3.51. The predicted molar refractivity (Wildman–Crippen MR) is 84.9 cm³/mol. The van der Waals surface area contributed by atoms with Crippen LogP contribution >= 0.6 is 0 Å². The molecule has 2 rings (SSSR count). The van der Waals surface area contributed by atoms with Gasteiger partial charge in [-0.3, -0.25) is 10.3 Å². The lowest BCUT2D eigenvalue weighted by atomic mass is 9.83. The molecule has 3 heteroatoms. The number of rotatable bonds is 5. The van der Waals surface area contributed by atoms with E-state index in [1.807, 2.05) is 6.07 Å². The Morgan fingerprint density at radius 2 is 1.95 bits per heavy atom. The minimum absolute atomic E-state index is 0.222. The first-order chi connectivity index (χ1) is 9.59. The van der Waals surface area contributed by atoms with E-state index in [1.54, 1.807) is 0 Å². The summed E-state index contributed by atoms with van der Waals surface area (Å²) < 4.78 is 0. The Kier molecular flexibility index (Phi) is 5.18. The van der Waals surface area contributed by atoms with Gasteiger partial charge < -0.3 is 5.73 Å². The molecule has 110 valence electrons. The highest BCUT2D eigenvalue weighted by Gasteiger charge is 2.30. The van der Waals surface area contributed by atoms with E-state index in [4.69, 9.17) is 11.1 Å². The predicted octanol–water partition coefficient (Wildman–Crippen LogP) is 3.56. The Labute approximate surface area is 122 Å². The van der Waals surface area contributed by atoms with E-state index in [1.165, 1.54) is 31.2 Å². The lowest BCUT2D eigenvalue weighted by molar-refractivity contribution is 0.0985. The van der Waals surface area contributed by atoms with Crippen molar-refractivity contribution in [3.05, 3.63) is 35.9 Å². The Balaban J connectivity index is 2.19. The molecule has 1 aliphatic carbocycles. The van der Waals surface area contributed by atoms with Gasteiger partial charge >= 0.3 is 0 Å².